The topological polar surface area (TPSA) is 58.3 Å². The van der Waals surface area contributed by atoms with Gasteiger partial charge in [0.25, 0.3) is 0 Å². The summed E-state index contributed by atoms with van der Waals surface area (Å²) in [5.41, 5.74) is 7.39. The largest absolute Gasteiger partial charge is 0.366 e. The van der Waals surface area contributed by atoms with Crippen molar-refractivity contribution in [2.45, 2.75) is 6.54 Å². The minimum atomic E-state index is -0.173. The lowest BCUT2D eigenvalue weighted by Crippen LogP contribution is -2.47. The number of para-hydroxylation sites is 1. The minimum Gasteiger partial charge on any atom is -0.366 e. The number of nitrogens with two attached hydrogens (primary N) is 1. The van der Waals surface area contributed by atoms with Crippen LogP contribution in [-0.4, -0.2) is 36.4 Å². The fourth-order valence-corrected chi connectivity index (χ4v) is 2.64. The molecule has 0 radical (unpaired) electrons. The summed E-state index contributed by atoms with van der Waals surface area (Å²) in [6.07, 6.45) is 1.65. The molecule has 1 fully saturated rings. The van der Waals surface area contributed by atoms with Crippen molar-refractivity contribution in [1.29, 1.82) is 0 Å². The third-order valence-electron chi connectivity index (χ3n) is 3.77. The zero-order chi connectivity index (χ0) is 14.7. The molecule has 0 bridgehead atoms. The molecule has 2 heterocycles. The van der Waals surface area contributed by atoms with Crippen molar-refractivity contribution in [1.82, 2.24) is 10.2 Å². The first-order chi connectivity index (χ1) is 10.3. The fourth-order valence-electron chi connectivity index (χ4n) is 2.64. The number of anilines is 2. The fraction of sp³-hybridized carbons (Fsp3) is 0.333. The summed E-state index contributed by atoms with van der Waals surface area (Å²) in [5.74, 6) is 0.668. The van der Waals surface area contributed by atoms with Crippen molar-refractivity contribution in [2.24, 2.45) is 5.73 Å². The first-order valence-corrected chi connectivity index (χ1v) is 7.04. The van der Waals surface area contributed by atoms with E-state index < -0.39 is 0 Å². The maximum Gasteiger partial charge on any atom is 0.155 e. The Morgan fingerprint density at radius 3 is 2.48 bits per heavy atom. The highest BCUT2D eigenvalue weighted by molar-refractivity contribution is 5.51. The molecule has 3 rings (SSSR count). The molecule has 0 atom stereocenters. The standard InChI is InChI=1S/C15H18FN5/c16-13-3-1-2-4-14(13)20-7-9-21(10-8-20)15-12(11-17)5-6-18-19-15/h1-6H,7-11,17H2. The molecule has 2 aromatic rings. The van der Waals surface area contributed by atoms with Crippen LogP contribution in [0.4, 0.5) is 15.9 Å². The monoisotopic (exact) mass is 287 g/mol. The average Bonchev–Trinajstić information content (AvgIpc) is 2.55. The highest BCUT2D eigenvalue weighted by Gasteiger charge is 2.21. The highest BCUT2D eigenvalue weighted by Crippen LogP contribution is 2.23. The summed E-state index contributed by atoms with van der Waals surface area (Å²) in [4.78, 5) is 4.22. The van der Waals surface area contributed by atoms with Gasteiger partial charge in [0, 0.05) is 38.3 Å². The van der Waals surface area contributed by atoms with Gasteiger partial charge in [-0.25, -0.2) is 4.39 Å². The molecule has 1 aromatic heterocycles. The molecule has 0 saturated carbocycles. The van der Waals surface area contributed by atoms with Crippen LogP contribution in [-0.2, 0) is 6.54 Å². The van der Waals surface area contributed by atoms with E-state index in [9.17, 15) is 4.39 Å². The third kappa shape index (κ3) is 2.80. The molecule has 0 unspecified atom stereocenters. The van der Waals surface area contributed by atoms with Crippen LogP contribution in [0.1, 0.15) is 5.56 Å². The summed E-state index contributed by atoms with van der Waals surface area (Å²) in [6, 6.07) is 8.78. The number of hydrogen-bond acceptors (Lipinski definition) is 5. The van der Waals surface area contributed by atoms with Crippen molar-refractivity contribution < 1.29 is 4.39 Å². The molecule has 1 aliphatic rings. The molecule has 0 spiro atoms. The predicted molar refractivity (Wildman–Crippen MR) is 80.7 cm³/mol. The summed E-state index contributed by atoms with van der Waals surface area (Å²) in [5, 5.41) is 8.13. The summed E-state index contributed by atoms with van der Waals surface area (Å²) < 4.78 is 13.8. The number of aromatic nitrogens is 2. The molecular weight excluding hydrogens is 269 g/mol. The maximum atomic E-state index is 13.8. The minimum absolute atomic E-state index is 0.173. The van der Waals surface area contributed by atoms with Gasteiger partial charge in [0.1, 0.15) is 5.82 Å². The quantitative estimate of drug-likeness (QED) is 0.925. The van der Waals surface area contributed by atoms with E-state index in [1.807, 2.05) is 18.2 Å². The Morgan fingerprint density at radius 2 is 1.76 bits per heavy atom. The van der Waals surface area contributed by atoms with Gasteiger partial charge in [0.15, 0.2) is 5.82 Å². The van der Waals surface area contributed by atoms with Crippen LogP contribution in [0.3, 0.4) is 0 Å². The van der Waals surface area contributed by atoms with Crippen LogP contribution >= 0.6 is 0 Å². The Hall–Kier alpha value is -2.21. The van der Waals surface area contributed by atoms with E-state index >= 15 is 0 Å². The van der Waals surface area contributed by atoms with Gasteiger partial charge in [0.05, 0.1) is 11.9 Å². The first-order valence-electron chi connectivity index (χ1n) is 7.04. The molecule has 1 saturated heterocycles. The number of hydrogen-bond donors (Lipinski definition) is 1. The number of rotatable bonds is 3. The maximum absolute atomic E-state index is 13.8. The summed E-state index contributed by atoms with van der Waals surface area (Å²) in [7, 11) is 0. The van der Waals surface area contributed by atoms with Gasteiger partial charge in [-0.3, -0.25) is 0 Å². The number of halogens is 1. The van der Waals surface area contributed by atoms with E-state index in [0.717, 1.165) is 37.6 Å². The number of piperazine rings is 1. The van der Waals surface area contributed by atoms with E-state index in [4.69, 9.17) is 5.73 Å². The molecule has 2 N–H and O–H groups in total. The highest BCUT2D eigenvalue weighted by atomic mass is 19.1. The smallest absolute Gasteiger partial charge is 0.155 e. The lowest BCUT2D eigenvalue weighted by Gasteiger charge is -2.37. The second-order valence-electron chi connectivity index (χ2n) is 5.01. The Kier molecular flexibility index (Phi) is 3.96. The zero-order valence-corrected chi connectivity index (χ0v) is 11.7. The van der Waals surface area contributed by atoms with Crippen LogP contribution in [0.25, 0.3) is 0 Å². The zero-order valence-electron chi connectivity index (χ0n) is 11.7. The Bertz CT molecular complexity index is 611. The van der Waals surface area contributed by atoms with Gasteiger partial charge in [0.2, 0.25) is 0 Å². The van der Waals surface area contributed by atoms with E-state index in [1.54, 1.807) is 12.3 Å². The number of benzene rings is 1. The van der Waals surface area contributed by atoms with Crippen LogP contribution in [0.2, 0.25) is 0 Å². The number of nitrogens with zero attached hydrogens (tertiary/aromatic N) is 4. The average molecular weight is 287 g/mol. The lowest BCUT2D eigenvalue weighted by atomic mass is 10.2. The van der Waals surface area contributed by atoms with Crippen molar-refractivity contribution in [3.8, 4) is 0 Å². The van der Waals surface area contributed by atoms with Crippen molar-refractivity contribution in [2.75, 3.05) is 36.0 Å². The Balaban J connectivity index is 1.72. The van der Waals surface area contributed by atoms with Crippen LogP contribution in [0.15, 0.2) is 36.5 Å². The van der Waals surface area contributed by atoms with E-state index in [0.29, 0.717) is 12.2 Å². The normalized spacial score (nSPS) is 15.3. The van der Waals surface area contributed by atoms with Gasteiger partial charge in [-0.15, -0.1) is 5.10 Å². The van der Waals surface area contributed by atoms with Crippen molar-refractivity contribution >= 4 is 11.5 Å². The molecule has 0 amide bonds. The molecule has 1 aromatic carbocycles. The summed E-state index contributed by atoms with van der Waals surface area (Å²) in [6.45, 7) is 3.50. The van der Waals surface area contributed by atoms with Gasteiger partial charge < -0.3 is 15.5 Å². The molecule has 5 nitrogen and oxygen atoms in total. The van der Waals surface area contributed by atoms with Gasteiger partial charge in [-0.05, 0) is 18.2 Å². The van der Waals surface area contributed by atoms with Gasteiger partial charge in [-0.1, -0.05) is 12.1 Å². The predicted octanol–water partition coefficient (Wildman–Crippen LogP) is 1.40. The molecule has 110 valence electrons. The van der Waals surface area contributed by atoms with Gasteiger partial charge in [-0.2, -0.15) is 5.10 Å². The van der Waals surface area contributed by atoms with E-state index in [2.05, 4.69) is 20.0 Å². The molecular formula is C15H18FN5. The Labute approximate surface area is 123 Å². The van der Waals surface area contributed by atoms with E-state index in [-0.39, 0.29) is 5.82 Å². The van der Waals surface area contributed by atoms with Crippen LogP contribution < -0.4 is 15.5 Å². The molecule has 21 heavy (non-hydrogen) atoms. The van der Waals surface area contributed by atoms with Gasteiger partial charge >= 0.3 is 0 Å². The molecule has 1 aliphatic heterocycles. The van der Waals surface area contributed by atoms with Crippen molar-refractivity contribution in [3.63, 3.8) is 0 Å². The first kappa shape index (κ1) is 13.8. The second-order valence-corrected chi connectivity index (χ2v) is 5.01. The molecule has 6 heteroatoms. The van der Waals surface area contributed by atoms with Crippen molar-refractivity contribution in [3.05, 3.63) is 47.9 Å². The third-order valence-corrected chi connectivity index (χ3v) is 3.77. The lowest BCUT2D eigenvalue weighted by molar-refractivity contribution is 0.594. The summed E-state index contributed by atoms with van der Waals surface area (Å²) >= 11 is 0. The second kappa shape index (κ2) is 6.05. The van der Waals surface area contributed by atoms with Crippen LogP contribution in [0, 0.1) is 5.82 Å². The van der Waals surface area contributed by atoms with Crippen LogP contribution in [0.5, 0.6) is 0 Å². The Morgan fingerprint density at radius 1 is 1.05 bits per heavy atom. The molecule has 0 aliphatic carbocycles. The SMILES string of the molecule is NCc1ccnnc1N1CCN(c2ccccc2F)CC1. The van der Waals surface area contributed by atoms with E-state index in [1.165, 1.54) is 6.07 Å².